The molecule has 1 atom stereocenters. The fourth-order valence-electron chi connectivity index (χ4n) is 2.76. The van der Waals surface area contributed by atoms with Crippen LogP contribution in [0.15, 0.2) is 40.9 Å². The smallest absolute Gasteiger partial charge is 0.248 e. The Hall–Kier alpha value is -2.73. The summed E-state index contributed by atoms with van der Waals surface area (Å²) in [5.41, 5.74) is 3.81. The molecule has 1 aliphatic heterocycles. The topological polar surface area (TPSA) is 73.1 Å². The molecule has 1 aliphatic rings. The second-order valence-electron chi connectivity index (χ2n) is 5.83. The Kier molecular flexibility index (Phi) is 3.74. The van der Waals surface area contributed by atoms with Gasteiger partial charge < -0.3 is 9.26 Å². The van der Waals surface area contributed by atoms with Crippen LogP contribution in [0.2, 0.25) is 0 Å². The van der Waals surface area contributed by atoms with E-state index in [0.717, 1.165) is 22.6 Å². The molecule has 1 aromatic carbocycles. The maximum absolute atomic E-state index is 5.76. The van der Waals surface area contributed by atoms with Crippen molar-refractivity contribution in [3.8, 4) is 17.3 Å². The van der Waals surface area contributed by atoms with E-state index in [-0.39, 0.29) is 6.04 Å². The molecule has 0 radical (unpaired) electrons. The van der Waals surface area contributed by atoms with Gasteiger partial charge in [0.25, 0.3) is 0 Å². The molecule has 24 heavy (non-hydrogen) atoms. The summed E-state index contributed by atoms with van der Waals surface area (Å²) in [6, 6.07) is 11.6. The number of ether oxygens (including phenoxy) is 1. The van der Waals surface area contributed by atoms with Crippen LogP contribution >= 0.6 is 0 Å². The van der Waals surface area contributed by atoms with E-state index < -0.39 is 0 Å². The average molecular weight is 322 g/mol. The van der Waals surface area contributed by atoms with Gasteiger partial charge in [0.2, 0.25) is 11.7 Å². The molecule has 0 amide bonds. The maximum atomic E-state index is 5.76. The Labute approximate surface area is 139 Å². The van der Waals surface area contributed by atoms with Gasteiger partial charge >= 0.3 is 0 Å². The monoisotopic (exact) mass is 322 g/mol. The Bertz CT molecular complexity index is 875. The van der Waals surface area contributed by atoms with Gasteiger partial charge in [0, 0.05) is 17.8 Å². The van der Waals surface area contributed by atoms with Crippen LogP contribution in [0.1, 0.15) is 28.8 Å². The summed E-state index contributed by atoms with van der Waals surface area (Å²) in [6.07, 6.45) is 0. The van der Waals surface area contributed by atoms with Crippen LogP contribution in [-0.2, 0) is 0 Å². The van der Waals surface area contributed by atoms with E-state index >= 15 is 0 Å². The number of para-hydroxylation sites is 1. The third-order valence-corrected chi connectivity index (χ3v) is 4.21. The summed E-state index contributed by atoms with van der Waals surface area (Å²) in [4.78, 5) is 9.09. The summed E-state index contributed by atoms with van der Waals surface area (Å²) in [6.45, 7) is 5.31. The highest BCUT2D eigenvalue weighted by molar-refractivity contribution is 5.50. The molecular weight excluding hydrogens is 304 g/mol. The van der Waals surface area contributed by atoms with Gasteiger partial charge in [-0.1, -0.05) is 29.4 Å². The Morgan fingerprint density at radius 3 is 2.83 bits per heavy atom. The number of hydrogen-bond acceptors (Lipinski definition) is 6. The van der Waals surface area contributed by atoms with Gasteiger partial charge in [-0.3, -0.25) is 5.32 Å². The first-order valence-corrected chi connectivity index (χ1v) is 7.96. The number of nitrogens with zero attached hydrogens (tertiary/aromatic N) is 3. The summed E-state index contributed by atoms with van der Waals surface area (Å²) in [7, 11) is 0. The first-order chi connectivity index (χ1) is 11.7. The molecule has 3 aromatic rings. The predicted octanol–water partition coefficient (Wildman–Crippen LogP) is 2.82. The van der Waals surface area contributed by atoms with Crippen LogP contribution in [0.4, 0.5) is 0 Å². The zero-order valence-corrected chi connectivity index (χ0v) is 13.6. The highest BCUT2D eigenvalue weighted by Crippen LogP contribution is 2.31. The number of aromatic nitrogens is 3. The van der Waals surface area contributed by atoms with E-state index in [9.17, 15) is 0 Å². The number of nitrogens with one attached hydrogen (secondary N) is 1. The summed E-state index contributed by atoms with van der Waals surface area (Å²) in [5.74, 6) is 1.86. The SMILES string of the molecule is Cc1ccc(-c2noc(C3NCCOc4ccccc43)n2)nc1C. The van der Waals surface area contributed by atoms with Crippen molar-refractivity contribution in [2.75, 3.05) is 13.2 Å². The lowest BCUT2D eigenvalue weighted by Crippen LogP contribution is -2.24. The first kappa shape index (κ1) is 14.8. The van der Waals surface area contributed by atoms with Gasteiger partial charge in [-0.2, -0.15) is 4.98 Å². The third-order valence-electron chi connectivity index (χ3n) is 4.21. The van der Waals surface area contributed by atoms with Gasteiger partial charge in [0.1, 0.15) is 24.1 Å². The fourth-order valence-corrected chi connectivity index (χ4v) is 2.76. The van der Waals surface area contributed by atoms with Crippen molar-refractivity contribution in [3.05, 3.63) is 59.1 Å². The van der Waals surface area contributed by atoms with Gasteiger partial charge in [-0.05, 0) is 31.5 Å². The number of rotatable bonds is 2. The molecule has 0 saturated carbocycles. The normalized spacial score (nSPS) is 17.0. The molecular formula is C18H18N4O2. The molecule has 1 N–H and O–H groups in total. The van der Waals surface area contributed by atoms with Gasteiger partial charge in [0.15, 0.2) is 0 Å². The van der Waals surface area contributed by atoms with Crippen molar-refractivity contribution >= 4 is 0 Å². The minimum Gasteiger partial charge on any atom is -0.492 e. The maximum Gasteiger partial charge on any atom is 0.248 e. The van der Waals surface area contributed by atoms with E-state index in [0.29, 0.717) is 30.6 Å². The van der Waals surface area contributed by atoms with Crippen molar-refractivity contribution in [3.63, 3.8) is 0 Å². The molecule has 1 unspecified atom stereocenters. The van der Waals surface area contributed by atoms with E-state index in [2.05, 4.69) is 20.4 Å². The predicted molar refractivity (Wildman–Crippen MR) is 88.8 cm³/mol. The molecule has 6 nitrogen and oxygen atoms in total. The third kappa shape index (κ3) is 2.65. The summed E-state index contributed by atoms with van der Waals surface area (Å²) >= 11 is 0. The second-order valence-corrected chi connectivity index (χ2v) is 5.83. The van der Waals surface area contributed by atoms with Gasteiger partial charge in [-0.25, -0.2) is 4.98 Å². The van der Waals surface area contributed by atoms with Crippen molar-refractivity contribution in [1.82, 2.24) is 20.4 Å². The summed E-state index contributed by atoms with van der Waals surface area (Å²) < 4.78 is 11.3. The molecule has 4 rings (SSSR count). The molecule has 0 bridgehead atoms. The van der Waals surface area contributed by atoms with E-state index in [1.807, 2.05) is 50.2 Å². The highest BCUT2D eigenvalue weighted by atomic mass is 16.5. The highest BCUT2D eigenvalue weighted by Gasteiger charge is 2.26. The minimum atomic E-state index is -0.184. The zero-order chi connectivity index (χ0) is 16.5. The molecule has 0 aliphatic carbocycles. The van der Waals surface area contributed by atoms with Crippen LogP contribution in [0.3, 0.4) is 0 Å². The molecule has 2 aromatic heterocycles. The standard InChI is InChI=1S/C18H18N4O2/c1-11-7-8-14(20-12(11)2)17-21-18(24-22-17)16-13-5-3-4-6-15(13)23-10-9-19-16/h3-8,16,19H,9-10H2,1-2H3. The zero-order valence-electron chi connectivity index (χ0n) is 13.6. The quantitative estimate of drug-likeness (QED) is 0.782. The molecule has 0 spiro atoms. The molecule has 0 saturated heterocycles. The molecule has 6 heteroatoms. The largest absolute Gasteiger partial charge is 0.492 e. The first-order valence-electron chi connectivity index (χ1n) is 7.96. The molecule has 122 valence electrons. The molecule has 0 fully saturated rings. The Morgan fingerprint density at radius 1 is 1.08 bits per heavy atom. The lowest BCUT2D eigenvalue weighted by Gasteiger charge is -2.12. The lowest BCUT2D eigenvalue weighted by molar-refractivity contribution is 0.320. The number of aryl methyl sites for hydroxylation is 2. The number of fused-ring (bicyclic) bond motifs is 1. The average Bonchev–Trinajstić information content (AvgIpc) is 2.98. The van der Waals surface area contributed by atoms with E-state index in [1.54, 1.807) is 0 Å². The van der Waals surface area contributed by atoms with Crippen LogP contribution < -0.4 is 10.1 Å². The minimum absolute atomic E-state index is 0.184. The molecule has 3 heterocycles. The Morgan fingerprint density at radius 2 is 1.96 bits per heavy atom. The van der Waals surface area contributed by atoms with Crippen LogP contribution in [0.5, 0.6) is 5.75 Å². The van der Waals surface area contributed by atoms with Crippen LogP contribution in [0, 0.1) is 13.8 Å². The number of hydrogen-bond donors (Lipinski definition) is 1. The number of pyridine rings is 1. The van der Waals surface area contributed by atoms with Gasteiger partial charge in [0.05, 0.1) is 0 Å². The van der Waals surface area contributed by atoms with Crippen LogP contribution in [0.25, 0.3) is 11.5 Å². The van der Waals surface area contributed by atoms with Crippen molar-refractivity contribution in [1.29, 1.82) is 0 Å². The van der Waals surface area contributed by atoms with Gasteiger partial charge in [-0.15, -0.1) is 0 Å². The van der Waals surface area contributed by atoms with E-state index in [1.165, 1.54) is 0 Å². The number of benzene rings is 1. The Balaban J connectivity index is 1.71. The van der Waals surface area contributed by atoms with Crippen molar-refractivity contribution in [2.24, 2.45) is 0 Å². The van der Waals surface area contributed by atoms with Crippen LogP contribution in [-0.4, -0.2) is 28.3 Å². The second kappa shape index (κ2) is 6.05. The fraction of sp³-hybridized carbons (Fsp3) is 0.278. The summed E-state index contributed by atoms with van der Waals surface area (Å²) in [5, 5.41) is 7.50. The lowest BCUT2D eigenvalue weighted by atomic mass is 10.1. The van der Waals surface area contributed by atoms with E-state index in [4.69, 9.17) is 9.26 Å². The van der Waals surface area contributed by atoms with Crippen molar-refractivity contribution < 1.29 is 9.26 Å². The van der Waals surface area contributed by atoms with Crippen molar-refractivity contribution in [2.45, 2.75) is 19.9 Å².